The first-order valence-electron chi connectivity index (χ1n) is 4.76. The Morgan fingerprint density at radius 3 is 2.24 bits per heavy atom. The summed E-state index contributed by atoms with van der Waals surface area (Å²) in [5.41, 5.74) is 1.49. The zero-order valence-corrected chi connectivity index (χ0v) is 11.1. The fraction of sp³-hybridized carbons (Fsp3) is 0.0833. The highest BCUT2D eigenvalue weighted by atomic mass is 35.5. The molecule has 0 unspecified atom stereocenters. The maximum atomic E-state index is 6.13. The van der Waals surface area contributed by atoms with Crippen molar-refractivity contribution in [2.75, 3.05) is 7.11 Å². The SMILES string of the molecule is COc1cncc(-c2c(Cl)cc(Cl)cc2Cl)c1. The van der Waals surface area contributed by atoms with E-state index >= 15 is 0 Å². The molecule has 0 saturated carbocycles. The maximum absolute atomic E-state index is 6.13. The molecule has 0 spiro atoms. The topological polar surface area (TPSA) is 22.1 Å². The van der Waals surface area contributed by atoms with E-state index in [2.05, 4.69) is 4.98 Å². The molecule has 0 aliphatic rings. The third-order valence-electron chi connectivity index (χ3n) is 2.24. The fourth-order valence-electron chi connectivity index (χ4n) is 1.49. The van der Waals surface area contributed by atoms with Gasteiger partial charge in [-0.2, -0.15) is 0 Å². The van der Waals surface area contributed by atoms with E-state index in [0.29, 0.717) is 26.4 Å². The second kappa shape index (κ2) is 5.13. The molecule has 1 aromatic heterocycles. The molecule has 0 fully saturated rings. The molecule has 2 nitrogen and oxygen atoms in total. The lowest BCUT2D eigenvalue weighted by molar-refractivity contribution is 0.413. The number of hydrogen-bond donors (Lipinski definition) is 0. The number of pyridine rings is 1. The van der Waals surface area contributed by atoms with Crippen molar-refractivity contribution in [2.24, 2.45) is 0 Å². The minimum absolute atomic E-state index is 0.484. The predicted octanol–water partition coefficient (Wildman–Crippen LogP) is 4.72. The molecular weight excluding hydrogens is 280 g/mol. The van der Waals surface area contributed by atoms with E-state index in [1.165, 1.54) is 0 Å². The summed E-state index contributed by atoms with van der Waals surface area (Å²) in [5, 5.41) is 1.47. The number of hydrogen-bond acceptors (Lipinski definition) is 2. The Hall–Kier alpha value is -0.960. The van der Waals surface area contributed by atoms with E-state index in [0.717, 1.165) is 5.56 Å². The van der Waals surface area contributed by atoms with Crippen LogP contribution in [0.2, 0.25) is 15.1 Å². The Morgan fingerprint density at radius 2 is 1.65 bits per heavy atom. The maximum Gasteiger partial charge on any atom is 0.137 e. The van der Waals surface area contributed by atoms with Gasteiger partial charge in [0.15, 0.2) is 0 Å². The van der Waals surface area contributed by atoms with E-state index in [-0.39, 0.29) is 0 Å². The van der Waals surface area contributed by atoms with Crippen molar-refractivity contribution in [1.29, 1.82) is 0 Å². The Bertz CT molecular complexity index is 534. The predicted molar refractivity (Wildman–Crippen MR) is 71.3 cm³/mol. The van der Waals surface area contributed by atoms with E-state index in [1.54, 1.807) is 31.6 Å². The van der Waals surface area contributed by atoms with Gasteiger partial charge in [-0.05, 0) is 18.2 Å². The number of methoxy groups -OCH3 is 1. The van der Waals surface area contributed by atoms with Crippen LogP contribution < -0.4 is 4.74 Å². The second-order valence-corrected chi connectivity index (χ2v) is 4.61. The zero-order valence-electron chi connectivity index (χ0n) is 8.88. The van der Waals surface area contributed by atoms with Gasteiger partial charge in [0.1, 0.15) is 5.75 Å². The van der Waals surface area contributed by atoms with Crippen molar-refractivity contribution in [3.05, 3.63) is 45.7 Å². The van der Waals surface area contributed by atoms with E-state index in [1.807, 2.05) is 6.07 Å². The Morgan fingerprint density at radius 1 is 1.00 bits per heavy atom. The summed E-state index contributed by atoms with van der Waals surface area (Å²) in [6.45, 7) is 0. The zero-order chi connectivity index (χ0) is 12.4. The molecule has 0 radical (unpaired) electrons. The summed E-state index contributed by atoms with van der Waals surface area (Å²) >= 11 is 18.1. The molecule has 1 heterocycles. The van der Waals surface area contributed by atoms with Crippen LogP contribution in [0.25, 0.3) is 11.1 Å². The molecule has 88 valence electrons. The average Bonchev–Trinajstić information content (AvgIpc) is 2.28. The molecular formula is C12H8Cl3NO. The highest BCUT2D eigenvalue weighted by Crippen LogP contribution is 2.37. The van der Waals surface area contributed by atoms with Crippen molar-refractivity contribution >= 4 is 34.8 Å². The molecule has 2 aromatic rings. The molecule has 0 aliphatic heterocycles. The van der Waals surface area contributed by atoms with Crippen molar-refractivity contribution in [3.63, 3.8) is 0 Å². The molecule has 5 heteroatoms. The van der Waals surface area contributed by atoms with Crippen molar-refractivity contribution in [2.45, 2.75) is 0 Å². The Balaban J connectivity index is 2.60. The van der Waals surface area contributed by atoms with Crippen LogP contribution in [0.4, 0.5) is 0 Å². The minimum atomic E-state index is 0.484. The van der Waals surface area contributed by atoms with Crippen LogP contribution in [-0.2, 0) is 0 Å². The number of benzene rings is 1. The smallest absolute Gasteiger partial charge is 0.137 e. The summed E-state index contributed by atoms with van der Waals surface area (Å²) < 4.78 is 5.11. The van der Waals surface area contributed by atoms with Gasteiger partial charge in [-0.3, -0.25) is 4.98 Å². The van der Waals surface area contributed by atoms with Crippen molar-refractivity contribution in [1.82, 2.24) is 4.98 Å². The molecule has 0 saturated heterocycles. The van der Waals surface area contributed by atoms with Crippen molar-refractivity contribution < 1.29 is 4.74 Å². The van der Waals surface area contributed by atoms with Gasteiger partial charge in [0.05, 0.1) is 23.4 Å². The van der Waals surface area contributed by atoms with Crippen LogP contribution in [0, 0.1) is 0 Å². The number of rotatable bonds is 2. The number of halogens is 3. The molecule has 0 aliphatic carbocycles. The highest BCUT2D eigenvalue weighted by molar-refractivity contribution is 6.41. The van der Waals surface area contributed by atoms with Crippen LogP contribution >= 0.6 is 34.8 Å². The van der Waals surface area contributed by atoms with Crippen molar-refractivity contribution in [3.8, 4) is 16.9 Å². The van der Waals surface area contributed by atoms with Crippen LogP contribution in [0.1, 0.15) is 0 Å². The van der Waals surface area contributed by atoms with Gasteiger partial charge in [-0.15, -0.1) is 0 Å². The first kappa shape index (κ1) is 12.5. The lowest BCUT2D eigenvalue weighted by atomic mass is 10.1. The summed E-state index contributed by atoms with van der Waals surface area (Å²) in [6, 6.07) is 5.10. The Kier molecular flexibility index (Phi) is 3.77. The molecule has 2 rings (SSSR count). The average molecular weight is 289 g/mol. The highest BCUT2D eigenvalue weighted by Gasteiger charge is 2.11. The van der Waals surface area contributed by atoms with Crippen LogP contribution in [0.5, 0.6) is 5.75 Å². The van der Waals surface area contributed by atoms with E-state index < -0.39 is 0 Å². The number of nitrogens with zero attached hydrogens (tertiary/aromatic N) is 1. The third-order valence-corrected chi connectivity index (χ3v) is 3.06. The standard InChI is InChI=1S/C12H8Cl3NO/c1-17-9-2-7(5-16-6-9)12-10(14)3-8(13)4-11(12)15/h2-6H,1H3. The first-order chi connectivity index (χ1) is 8.11. The first-order valence-corrected chi connectivity index (χ1v) is 5.89. The normalized spacial score (nSPS) is 10.4. The number of aromatic nitrogens is 1. The molecule has 0 amide bonds. The molecule has 0 bridgehead atoms. The number of ether oxygens (including phenoxy) is 1. The summed E-state index contributed by atoms with van der Waals surface area (Å²) in [6.07, 6.45) is 3.28. The van der Waals surface area contributed by atoms with Gasteiger partial charge in [0, 0.05) is 22.3 Å². The minimum Gasteiger partial charge on any atom is -0.495 e. The molecule has 0 atom stereocenters. The lowest BCUT2D eigenvalue weighted by Gasteiger charge is -2.08. The summed E-state index contributed by atoms with van der Waals surface area (Å²) in [4.78, 5) is 4.06. The monoisotopic (exact) mass is 287 g/mol. The fourth-order valence-corrected chi connectivity index (χ4v) is 2.52. The van der Waals surface area contributed by atoms with Gasteiger partial charge in [0.2, 0.25) is 0 Å². The summed E-state index contributed by atoms with van der Waals surface area (Å²) in [5.74, 6) is 0.643. The van der Waals surface area contributed by atoms with Crippen LogP contribution in [0.3, 0.4) is 0 Å². The molecule has 1 aromatic carbocycles. The van der Waals surface area contributed by atoms with Crippen LogP contribution in [0.15, 0.2) is 30.6 Å². The van der Waals surface area contributed by atoms with E-state index in [9.17, 15) is 0 Å². The third kappa shape index (κ3) is 2.65. The van der Waals surface area contributed by atoms with Gasteiger partial charge >= 0.3 is 0 Å². The van der Waals surface area contributed by atoms with Gasteiger partial charge in [0.25, 0.3) is 0 Å². The Labute approximate surface area is 114 Å². The van der Waals surface area contributed by atoms with Crippen LogP contribution in [-0.4, -0.2) is 12.1 Å². The largest absolute Gasteiger partial charge is 0.495 e. The van der Waals surface area contributed by atoms with E-state index in [4.69, 9.17) is 39.5 Å². The quantitative estimate of drug-likeness (QED) is 0.798. The second-order valence-electron chi connectivity index (χ2n) is 3.36. The van der Waals surface area contributed by atoms with Gasteiger partial charge < -0.3 is 4.74 Å². The summed E-state index contributed by atoms with van der Waals surface area (Å²) in [7, 11) is 1.58. The molecule has 0 N–H and O–H groups in total. The molecule has 17 heavy (non-hydrogen) atoms. The lowest BCUT2D eigenvalue weighted by Crippen LogP contribution is -1.88. The van der Waals surface area contributed by atoms with Gasteiger partial charge in [-0.25, -0.2) is 0 Å². The van der Waals surface area contributed by atoms with Gasteiger partial charge in [-0.1, -0.05) is 34.8 Å².